The summed E-state index contributed by atoms with van der Waals surface area (Å²) < 4.78 is 0. The van der Waals surface area contributed by atoms with Crippen LogP contribution in [0.1, 0.15) is 20.7 Å². The Bertz CT molecular complexity index is 735. The number of nitrogens with one attached hydrogen (secondary N) is 2. The lowest BCUT2D eigenvalue weighted by molar-refractivity contribution is 0.0926. The first kappa shape index (κ1) is 17.1. The Kier molecular flexibility index (Phi) is 5.84. The summed E-state index contributed by atoms with van der Waals surface area (Å²) in [5, 5.41) is 15.5. The number of carbonyl (C=O) groups is 2. The normalized spacial score (nSPS) is 10.2. The highest BCUT2D eigenvalue weighted by Gasteiger charge is 2.12. The van der Waals surface area contributed by atoms with Gasteiger partial charge in [-0.3, -0.25) is 9.59 Å². The summed E-state index contributed by atoms with van der Waals surface area (Å²) in [4.78, 5) is 23.8. The summed E-state index contributed by atoms with van der Waals surface area (Å²) in [5.41, 5.74) is 0.447. The largest absolute Gasteiger partial charge is 0.507 e. The number of carbonyl (C=O) groups excluding carboxylic acids is 2. The minimum absolute atomic E-state index is 0.0975. The van der Waals surface area contributed by atoms with Crippen LogP contribution < -0.4 is 10.6 Å². The fourth-order valence-electron chi connectivity index (χ4n) is 1.88. The molecule has 0 fully saturated rings. The first-order valence-electron chi connectivity index (χ1n) is 6.78. The summed E-state index contributed by atoms with van der Waals surface area (Å²) in [6, 6.07) is 10.8. The van der Waals surface area contributed by atoms with Gasteiger partial charge in [0.05, 0.1) is 16.1 Å². The average Bonchev–Trinajstić information content (AvgIpc) is 2.53. The number of phenols is 1. The van der Waals surface area contributed by atoms with Gasteiger partial charge in [-0.2, -0.15) is 0 Å². The van der Waals surface area contributed by atoms with Crippen LogP contribution >= 0.6 is 23.2 Å². The van der Waals surface area contributed by atoms with Gasteiger partial charge in [-0.25, -0.2) is 0 Å². The molecule has 0 heterocycles. The molecule has 0 aliphatic heterocycles. The zero-order chi connectivity index (χ0) is 16.8. The zero-order valence-electron chi connectivity index (χ0n) is 12.0. The number of phenolic OH excluding ortho intramolecular Hbond substituents is 1. The summed E-state index contributed by atoms with van der Waals surface area (Å²) >= 11 is 11.8. The molecule has 120 valence electrons. The van der Waals surface area contributed by atoms with E-state index in [9.17, 15) is 14.7 Å². The molecule has 0 aliphatic rings. The highest BCUT2D eigenvalue weighted by Crippen LogP contribution is 2.20. The van der Waals surface area contributed by atoms with E-state index in [-0.39, 0.29) is 35.9 Å². The van der Waals surface area contributed by atoms with Crippen molar-refractivity contribution < 1.29 is 14.7 Å². The molecule has 0 aliphatic carbocycles. The molecule has 0 bridgehead atoms. The second-order valence-corrected chi connectivity index (χ2v) is 5.50. The number of benzene rings is 2. The van der Waals surface area contributed by atoms with E-state index < -0.39 is 5.91 Å². The predicted molar refractivity (Wildman–Crippen MR) is 89.2 cm³/mol. The molecule has 2 aromatic rings. The molecule has 2 amide bonds. The molecule has 23 heavy (non-hydrogen) atoms. The van der Waals surface area contributed by atoms with Crippen molar-refractivity contribution in [1.29, 1.82) is 0 Å². The lowest BCUT2D eigenvalue weighted by Gasteiger charge is -2.09. The van der Waals surface area contributed by atoms with Crippen molar-refractivity contribution in [2.24, 2.45) is 0 Å². The number of hydrogen-bond acceptors (Lipinski definition) is 3. The van der Waals surface area contributed by atoms with Gasteiger partial charge in [0.1, 0.15) is 5.75 Å². The zero-order valence-corrected chi connectivity index (χ0v) is 13.5. The van der Waals surface area contributed by atoms with Crippen LogP contribution in [-0.4, -0.2) is 30.0 Å². The molecule has 0 saturated heterocycles. The van der Waals surface area contributed by atoms with E-state index in [0.717, 1.165) is 0 Å². The van der Waals surface area contributed by atoms with Crippen LogP contribution in [0, 0.1) is 0 Å². The highest BCUT2D eigenvalue weighted by atomic mass is 35.5. The van der Waals surface area contributed by atoms with Crippen molar-refractivity contribution in [3.05, 3.63) is 63.6 Å². The van der Waals surface area contributed by atoms with Crippen molar-refractivity contribution in [2.45, 2.75) is 0 Å². The number of halogens is 2. The van der Waals surface area contributed by atoms with E-state index in [1.807, 2.05) is 0 Å². The van der Waals surface area contributed by atoms with Crippen LogP contribution in [-0.2, 0) is 0 Å². The van der Waals surface area contributed by atoms with E-state index in [0.29, 0.717) is 10.0 Å². The van der Waals surface area contributed by atoms with E-state index in [1.54, 1.807) is 24.3 Å². The van der Waals surface area contributed by atoms with Gasteiger partial charge in [0, 0.05) is 18.1 Å². The summed E-state index contributed by atoms with van der Waals surface area (Å²) in [6.45, 7) is 0.415. The first-order chi connectivity index (χ1) is 11.0. The monoisotopic (exact) mass is 352 g/mol. The minimum atomic E-state index is -0.418. The first-order valence-corrected chi connectivity index (χ1v) is 7.54. The molecule has 0 unspecified atom stereocenters. The lowest BCUT2D eigenvalue weighted by Crippen LogP contribution is -2.34. The molecular weight excluding hydrogens is 339 g/mol. The van der Waals surface area contributed by atoms with Crippen molar-refractivity contribution in [3.8, 4) is 5.75 Å². The molecule has 0 radical (unpaired) electrons. The second kappa shape index (κ2) is 7.85. The third-order valence-corrected chi connectivity index (χ3v) is 3.58. The molecule has 5 nitrogen and oxygen atoms in total. The van der Waals surface area contributed by atoms with Gasteiger partial charge in [0.25, 0.3) is 11.8 Å². The second-order valence-electron chi connectivity index (χ2n) is 4.65. The van der Waals surface area contributed by atoms with Gasteiger partial charge in [0.15, 0.2) is 0 Å². The summed E-state index contributed by atoms with van der Waals surface area (Å²) in [7, 11) is 0. The van der Waals surface area contributed by atoms with Crippen LogP contribution in [0.25, 0.3) is 0 Å². The van der Waals surface area contributed by atoms with Crippen molar-refractivity contribution in [3.63, 3.8) is 0 Å². The van der Waals surface area contributed by atoms with Crippen LogP contribution in [0.5, 0.6) is 5.75 Å². The SMILES string of the molecule is O=C(NCCNC(=O)c1cc(Cl)ccc1Cl)c1ccccc1O. The van der Waals surface area contributed by atoms with E-state index in [2.05, 4.69) is 10.6 Å². The van der Waals surface area contributed by atoms with E-state index >= 15 is 0 Å². The van der Waals surface area contributed by atoms with E-state index in [4.69, 9.17) is 23.2 Å². The quantitative estimate of drug-likeness (QED) is 0.724. The van der Waals surface area contributed by atoms with Crippen molar-refractivity contribution in [2.75, 3.05) is 13.1 Å². The van der Waals surface area contributed by atoms with Crippen molar-refractivity contribution in [1.82, 2.24) is 10.6 Å². The number of rotatable bonds is 5. The fraction of sp³-hybridized carbons (Fsp3) is 0.125. The Balaban J connectivity index is 1.83. The topological polar surface area (TPSA) is 78.4 Å². The number of amides is 2. The molecule has 2 aromatic carbocycles. The number of hydrogen-bond donors (Lipinski definition) is 3. The fourth-order valence-corrected chi connectivity index (χ4v) is 2.26. The molecule has 0 saturated carbocycles. The molecule has 0 aromatic heterocycles. The summed E-state index contributed by atoms with van der Waals surface area (Å²) in [6.07, 6.45) is 0. The Morgan fingerprint density at radius 1 is 0.913 bits per heavy atom. The van der Waals surface area contributed by atoms with Crippen LogP contribution in [0.15, 0.2) is 42.5 Å². The van der Waals surface area contributed by atoms with E-state index in [1.165, 1.54) is 18.2 Å². The molecular formula is C16H14Cl2N2O3. The minimum Gasteiger partial charge on any atom is -0.507 e. The molecule has 0 atom stereocenters. The maximum atomic E-state index is 12.0. The molecule has 3 N–H and O–H groups in total. The maximum absolute atomic E-state index is 12.0. The standard InChI is InChI=1S/C16H14Cl2N2O3/c17-10-5-6-13(18)12(9-10)16(23)20-8-7-19-15(22)11-3-1-2-4-14(11)21/h1-6,9,21H,7-8H2,(H,19,22)(H,20,23). The van der Waals surface area contributed by atoms with Gasteiger partial charge >= 0.3 is 0 Å². The Labute approximate surface area is 143 Å². The van der Waals surface area contributed by atoms with Gasteiger partial charge < -0.3 is 15.7 Å². The Hall–Kier alpha value is -2.24. The molecule has 7 heteroatoms. The third kappa shape index (κ3) is 4.61. The van der Waals surface area contributed by atoms with Gasteiger partial charge in [-0.15, -0.1) is 0 Å². The average molecular weight is 353 g/mol. The maximum Gasteiger partial charge on any atom is 0.255 e. The Morgan fingerprint density at radius 2 is 1.52 bits per heavy atom. The van der Waals surface area contributed by atoms with Crippen LogP contribution in [0.2, 0.25) is 10.0 Å². The number of para-hydroxylation sites is 1. The molecule has 2 rings (SSSR count). The van der Waals surface area contributed by atoms with Gasteiger partial charge in [0.2, 0.25) is 0 Å². The third-order valence-electron chi connectivity index (χ3n) is 3.02. The molecule has 0 spiro atoms. The van der Waals surface area contributed by atoms with Gasteiger partial charge in [-0.1, -0.05) is 35.3 Å². The lowest BCUT2D eigenvalue weighted by atomic mass is 10.2. The van der Waals surface area contributed by atoms with Crippen molar-refractivity contribution >= 4 is 35.0 Å². The summed E-state index contributed by atoms with van der Waals surface area (Å²) in [5.74, 6) is -0.896. The van der Waals surface area contributed by atoms with Crippen LogP contribution in [0.4, 0.5) is 0 Å². The number of aromatic hydroxyl groups is 1. The Morgan fingerprint density at radius 3 is 2.17 bits per heavy atom. The van der Waals surface area contributed by atoms with Crippen LogP contribution in [0.3, 0.4) is 0 Å². The smallest absolute Gasteiger partial charge is 0.255 e. The highest BCUT2D eigenvalue weighted by molar-refractivity contribution is 6.35. The van der Waals surface area contributed by atoms with Gasteiger partial charge in [-0.05, 0) is 30.3 Å². The predicted octanol–water partition coefficient (Wildman–Crippen LogP) is 2.86.